The van der Waals surface area contributed by atoms with Crippen LogP contribution in [0.5, 0.6) is 0 Å². The van der Waals surface area contributed by atoms with Crippen molar-refractivity contribution < 1.29 is 0 Å². The highest BCUT2D eigenvalue weighted by atomic mass is 32.2. The van der Waals surface area contributed by atoms with Gasteiger partial charge in [0.25, 0.3) is 0 Å². The van der Waals surface area contributed by atoms with Crippen LogP contribution in [0.3, 0.4) is 0 Å². The van der Waals surface area contributed by atoms with Crippen molar-refractivity contribution in [1.29, 1.82) is 0 Å². The fraction of sp³-hybridized carbons (Fsp3) is 0.222. The Kier molecular flexibility index (Phi) is 4.96. The Labute approximate surface area is 159 Å². The Morgan fingerprint density at radius 1 is 1.12 bits per heavy atom. The van der Waals surface area contributed by atoms with Crippen molar-refractivity contribution in [2.24, 2.45) is 5.73 Å². The van der Waals surface area contributed by atoms with E-state index in [-0.39, 0.29) is 0 Å². The summed E-state index contributed by atoms with van der Waals surface area (Å²) in [7, 11) is 0. The summed E-state index contributed by atoms with van der Waals surface area (Å²) in [5.74, 6) is 1.65. The van der Waals surface area contributed by atoms with Gasteiger partial charge in [0.2, 0.25) is 0 Å². The summed E-state index contributed by atoms with van der Waals surface area (Å²) in [4.78, 5) is 10.6. The van der Waals surface area contributed by atoms with Gasteiger partial charge in [0.05, 0.1) is 10.4 Å². The van der Waals surface area contributed by atoms with E-state index in [0.29, 0.717) is 13.0 Å². The van der Waals surface area contributed by atoms with Crippen LogP contribution in [-0.2, 0) is 13.0 Å². The van der Waals surface area contributed by atoms with Gasteiger partial charge < -0.3 is 10.3 Å². The number of nitrogens with zero attached hydrogens (tertiary/aromatic N) is 5. The smallest absolute Gasteiger partial charge is 0.197 e. The molecule has 1 aromatic carbocycles. The number of hydrogen-bond donors (Lipinski definition) is 1. The molecular formula is C18H18N6S2. The van der Waals surface area contributed by atoms with Gasteiger partial charge in [0.15, 0.2) is 11.0 Å². The molecule has 0 aliphatic carbocycles. The summed E-state index contributed by atoms with van der Waals surface area (Å²) >= 11 is 3.17. The molecule has 0 saturated heterocycles. The first-order valence-corrected chi connectivity index (χ1v) is 10.1. The maximum atomic E-state index is 5.69. The fourth-order valence-electron chi connectivity index (χ4n) is 2.75. The fourth-order valence-corrected chi connectivity index (χ4v) is 4.43. The van der Waals surface area contributed by atoms with Crippen molar-refractivity contribution in [3.63, 3.8) is 0 Å². The zero-order chi connectivity index (χ0) is 17.9. The average molecular weight is 383 g/mol. The first kappa shape index (κ1) is 17.1. The van der Waals surface area contributed by atoms with Gasteiger partial charge in [-0.2, -0.15) is 0 Å². The summed E-state index contributed by atoms with van der Waals surface area (Å²) < 4.78 is 2.10. The number of benzene rings is 1. The predicted octanol–water partition coefficient (Wildman–Crippen LogP) is 3.62. The summed E-state index contributed by atoms with van der Waals surface area (Å²) in [5, 5.41) is 13.4. The molecule has 3 aromatic heterocycles. The predicted molar refractivity (Wildman–Crippen MR) is 105 cm³/mol. The third-order valence-corrected chi connectivity index (χ3v) is 5.83. The van der Waals surface area contributed by atoms with Gasteiger partial charge in [-0.3, -0.25) is 0 Å². The van der Waals surface area contributed by atoms with Gasteiger partial charge in [0, 0.05) is 18.4 Å². The van der Waals surface area contributed by atoms with Gasteiger partial charge >= 0.3 is 0 Å². The third-order valence-electron chi connectivity index (χ3n) is 3.98. The molecule has 4 rings (SSSR count). The highest BCUT2D eigenvalue weighted by molar-refractivity contribution is 7.99. The lowest BCUT2D eigenvalue weighted by Gasteiger charge is -2.09. The van der Waals surface area contributed by atoms with E-state index in [1.807, 2.05) is 41.8 Å². The van der Waals surface area contributed by atoms with Crippen LogP contribution in [0.1, 0.15) is 12.7 Å². The zero-order valence-electron chi connectivity index (χ0n) is 14.3. The molecule has 0 bridgehead atoms. The zero-order valence-corrected chi connectivity index (χ0v) is 15.9. The van der Waals surface area contributed by atoms with Gasteiger partial charge in [-0.1, -0.05) is 24.3 Å². The van der Waals surface area contributed by atoms with Crippen LogP contribution in [0.25, 0.3) is 21.6 Å². The molecule has 8 heteroatoms. The van der Waals surface area contributed by atoms with E-state index in [9.17, 15) is 0 Å². The van der Waals surface area contributed by atoms with Crippen LogP contribution in [0.15, 0.2) is 52.0 Å². The van der Waals surface area contributed by atoms with E-state index in [2.05, 4.69) is 21.7 Å². The second-order valence-electron chi connectivity index (χ2n) is 5.63. The van der Waals surface area contributed by atoms with Crippen molar-refractivity contribution in [2.45, 2.75) is 30.1 Å². The molecule has 6 nitrogen and oxygen atoms in total. The van der Waals surface area contributed by atoms with E-state index in [1.165, 1.54) is 11.8 Å². The number of fused-ring (bicyclic) bond motifs is 1. The van der Waals surface area contributed by atoms with Gasteiger partial charge in [-0.15, -0.1) is 21.5 Å². The second-order valence-corrected chi connectivity index (χ2v) is 7.53. The van der Waals surface area contributed by atoms with Crippen LogP contribution in [0.2, 0.25) is 0 Å². The molecule has 0 aliphatic heterocycles. The molecule has 4 aromatic rings. The molecule has 0 radical (unpaired) electrons. The van der Waals surface area contributed by atoms with Gasteiger partial charge in [-0.25, -0.2) is 9.97 Å². The van der Waals surface area contributed by atoms with Gasteiger partial charge in [0.1, 0.15) is 10.9 Å². The van der Waals surface area contributed by atoms with Crippen LogP contribution in [0.4, 0.5) is 0 Å². The lowest BCUT2D eigenvalue weighted by atomic mass is 10.2. The summed E-state index contributed by atoms with van der Waals surface area (Å²) in [6, 6.07) is 12.1. The Bertz CT molecular complexity index is 1030. The van der Waals surface area contributed by atoms with Crippen LogP contribution in [-0.4, -0.2) is 31.3 Å². The van der Waals surface area contributed by atoms with E-state index < -0.39 is 0 Å². The van der Waals surface area contributed by atoms with E-state index in [4.69, 9.17) is 15.7 Å². The number of hydrogen-bond acceptors (Lipinski definition) is 7. The molecule has 0 saturated carbocycles. The number of nitrogens with two attached hydrogens (primary N) is 1. The summed E-state index contributed by atoms with van der Waals surface area (Å²) in [5.41, 5.74) is 6.62. The minimum absolute atomic E-state index is 0.557. The van der Waals surface area contributed by atoms with Crippen molar-refractivity contribution in [1.82, 2.24) is 24.7 Å². The molecule has 0 fully saturated rings. The molecule has 0 aliphatic rings. The SMILES string of the molecule is CCn1c(CCN)nnc1Sc1nc(-c2cccs2)nc2ccccc12. The topological polar surface area (TPSA) is 82.5 Å². The van der Waals surface area contributed by atoms with Crippen molar-refractivity contribution in [2.75, 3.05) is 6.54 Å². The molecule has 0 unspecified atom stereocenters. The summed E-state index contributed by atoms with van der Waals surface area (Å²) in [6.45, 7) is 3.44. The van der Waals surface area contributed by atoms with E-state index in [1.54, 1.807) is 11.3 Å². The van der Waals surface area contributed by atoms with Crippen LogP contribution < -0.4 is 5.73 Å². The minimum Gasteiger partial charge on any atom is -0.330 e. The van der Waals surface area contributed by atoms with Crippen LogP contribution in [0, 0.1) is 0 Å². The van der Waals surface area contributed by atoms with E-state index in [0.717, 1.165) is 44.2 Å². The Hall–Kier alpha value is -2.29. The summed E-state index contributed by atoms with van der Waals surface area (Å²) in [6.07, 6.45) is 0.715. The molecule has 132 valence electrons. The quantitative estimate of drug-likeness (QED) is 0.513. The first-order valence-electron chi connectivity index (χ1n) is 8.40. The Balaban J connectivity index is 1.81. The molecule has 26 heavy (non-hydrogen) atoms. The standard InChI is InChI=1S/C18H18N6S2/c1-2-24-15(9-10-19)22-23-18(24)26-17-12-6-3-4-7-13(12)20-16(21-17)14-8-5-11-25-14/h3-8,11H,2,9-10,19H2,1H3. The molecule has 2 N–H and O–H groups in total. The van der Waals surface area contributed by atoms with Crippen molar-refractivity contribution in [3.05, 3.63) is 47.6 Å². The van der Waals surface area contributed by atoms with Crippen molar-refractivity contribution in [3.8, 4) is 10.7 Å². The lowest BCUT2D eigenvalue weighted by molar-refractivity contribution is 0.640. The molecule has 0 atom stereocenters. The maximum absolute atomic E-state index is 5.69. The number of para-hydroxylation sites is 1. The number of rotatable bonds is 6. The normalized spacial score (nSPS) is 11.3. The average Bonchev–Trinajstić information content (AvgIpc) is 3.32. The minimum atomic E-state index is 0.557. The monoisotopic (exact) mass is 382 g/mol. The third kappa shape index (κ3) is 3.23. The highest BCUT2D eigenvalue weighted by Crippen LogP contribution is 2.33. The van der Waals surface area contributed by atoms with Gasteiger partial charge in [-0.05, 0) is 42.7 Å². The largest absolute Gasteiger partial charge is 0.330 e. The molecule has 0 spiro atoms. The van der Waals surface area contributed by atoms with Crippen molar-refractivity contribution >= 4 is 34.0 Å². The van der Waals surface area contributed by atoms with Crippen LogP contribution >= 0.6 is 23.1 Å². The van der Waals surface area contributed by atoms with E-state index >= 15 is 0 Å². The highest BCUT2D eigenvalue weighted by Gasteiger charge is 2.16. The maximum Gasteiger partial charge on any atom is 0.197 e. The molecule has 0 amide bonds. The number of aromatic nitrogens is 5. The Morgan fingerprint density at radius 3 is 2.77 bits per heavy atom. The lowest BCUT2D eigenvalue weighted by Crippen LogP contribution is -2.10. The molecular weight excluding hydrogens is 364 g/mol. The Morgan fingerprint density at radius 2 is 2.00 bits per heavy atom. The number of thiophene rings is 1. The second kappa shape index (κ2) is 7.53. The first-order chi connectivity index (χ1) is 12.8. The molecule has 3 heterocycles.